The molecule has 0 aromatic heterocycles. The smallest absolute Gasteiger partial charge is 0.229 e. The zero-order valence-electron chi connectivity index (χ0n) is 15.7. The Hall–Kier alpha value is -2.93. The highest BCUT2D eigenvalue weighted by atomic mass is 35.5. The predicted octanol–water partition coefficient (Wildman–Crippen LogP) is 3.38. The summed E-state index contributed by atoms with van der Waals surface area (Å²) in [5.41, 5.74) is 2.60. The molecular weight excluding hydrogens is 397 g/mol. The van der Waals surface area contributed by atoms with Crippen LogP contribution in [-0.4, -0.2) is 30.8 Å². The minimum Gasteiger partial charge on any atom is -0.323 e. The molecule has 0 unspecified atom stereocenters. The molecule has 0 spiro atoms. The van der Waals surface area contributed by atoms with E-state index in [1.165, 1.54) is 19.1 Å². The first-order valence-corrected chi connectivity index (χ1v) is 9.68. The lowest BCUT2D eigenvalue weighted by atomic mass is 10.1. The van der Waals surface area contributed by atoms with E-state index in [9.17, 15) is 18.8 Å². The van der Waals surface area contributed by atoms with Gasteiger partial charge in [-0.15, -0.1) is 0 Å². The molecule has 1 atom stereocenters. The van der Waals surface area contributed by atoms with Gasteiger partial charge >= 0.3 is 0 Å². The summed E-state index contributed by atoms with van der Waals surface area (Å²) in [6.45, 7) is 2.37. The Morgan fingerprint density at radius 2 is 2.00 bits per heavy atom. The minimum atomic E-state index is -0.624. The number of benzene rings is 2. The maximum Gasteiger partial charge on any atom is 0.229 e. The molecule has 3 amide bonds. The summed E-state index contributed by atoms with van der Waals surface area (Å²) in [4.78, 5) is 40.0. The molecule has 0 aliphatic carbocycles. The van der Waals surface area contributed by atoms with Crippen molar-refractivity contribution in [3.8, 4) is 0 Å². The molecule has 0 radical (unpaired) electrons. The maximum atomic E-state index is 13.9. The third kappa shape index (κ3) is 3.70. The van der Waals surface area contributed by atoms with Crippen molar-refractivity contribution in [2.24, 2.45) is 5.92 Å². The highest BCUT2D eigenvalue weighted by Crippen LogP contribution is 2.34. The van der Waals surface area contributed by atoms with E-state index in [0.29, 0.717) is 12.2 Å². The number of carbonyl (C=O) groups is 3. The Morgan fingerprint density at radius 3 is 2.72 bits per heavy atom. The van der Waals surface area contributed by atoms with E-state index in [-0.39, 0.29) is 35.5 Å². The van der Waals surface area contributed by atoms with Crippen LogP contribution in [-0.2, 0) is 20.8 Å². The van der Waals surface area contributed by atoms with Crippen LogP contribution in [0.5, 0.6) is 0 Å². The van der Waals surface area contributed by atoms with E-state index < -0.39 is 17.6 Å². The normalized spacial score (nSPS) is 18.2. The van der Waals surface area contributed by atoms with Crippen LogP contribution in [0.1, 0.15) is 18.9 Å². The molecule has 2 aromatic carbocycles. The van der Waals surface area contributed by atoms with Gasteiger partial charge in [-0.2, -0.15) is 0 Å². The van der Waals surface area contributed by atoms with Gasteiger partial charge in [0, 0.05) is 42.8 Å². The second kappa shape index (κ2) is 7.48. The van der Waals surface area contributed by atoms with E-state index in [2.05, 4.69) is 5.32 Å². The lowest BCUT2D eigenvalue weighted by Gasteiger charge is -2.19. The molecular formula is C21H19ClFN3O3. The number of anilines is 3. The number of nitrogens with one attached hydrogen (secondary N) is 1. The summed E-state index contributed by atoms with van der Waals surface area (Å²) < 4.78 is 13.9. The third-order valence-electron chi connectivity index (χ3n) is 5.34. The van der Waals surface area contributed by atoms with Gasteiger partial charge in [-0.3, -0.25) is 14.4 Å². The molecule has 6 nitrogen and oxygen atoms in total. The van der Waals surface area contributed by atoms with Gasteiger partial charge < -0.3 is 15.1 Å². The number of carbonyl (C=O) groups excluding carboxylic acids is 3. The average molecular weight is 416 g/mol. The molecule has 2 aromatic rings. The first-order chi connectivity index (χ1) is 13.8. The molecule has 0 saturated carbocycles. The summed E-state index contributed by atoms with van der Waals surface area (Å²) in [5, 5.41) is 2.77. The fraction of sp³-hybridized carbons (Fsp3) is 0.286. The largest absolute Gasteiger partial charge is 0.323 e. The summed E-state index contributed by atoms with van der Waals surface area (Å²) in [6, 6.07) is 9.53. The molecule has 29 heavy (non-hydrogen) atoms. The minimum absolute atomic E-state index is 0.0140. The Bertz CT molecular complexity index is 1030. The average Bonchev–Trinajstić information content (AvgIpc) is 3.27. The van der Waals surface area contributed by atoms with Crippen LogP contribution in [0.2, 0.25) is 5.02 Å². The topological polar surface area (TPSA) is 69.7 Å². The van der Waals surface area contributed by atoms with E-state index >= 15 is 0 Å². The van der Waals surface area contributed by atoms with Crippen LogP contribution in [0.3, 0.4) is 0 Å². The molecule has 1 N–H and O–H groups in total. The van der Waals surface area contributed by atoms with Crippen LogP contribution in [0.15, 0.2) is 36.4 Å². The number of hydrogen-bond donors (Lipinski definition) is 1. The van der Waals surface area contributed by atoms with Gasteiger partial charge in [0.15, 0.2) is 0 Å². The fourth-order valence-corrected chi connectivity index (χ4v) is 4.00. The van der Waals surface area contributed by atoms with Gasteiger partial charge in [-0.05, 0) is 48.4 Å². The quantitative estimate of drug-likeness (QED) is 0.835. The Kier molecular flexibility index (Phi) is 5.00. The van der Waals surface area contributed by atoms with Gasteiger partial charge in [0.05, 0.1) is 11.6 Å². The molecule has 4 rings (SSSR count). The van der Waals surface area contributed by atoms with Gasteiger partial charge in [0.2, 0.25) is 17.7 Å². The Labute approximate surface area is 172 Å². The number of hydrogen-bond acceptors (Lipinski definition) is 3. The summed E-state index contributed by atoms with van der Waals surface area (Å²) in [7, 11) is 0. The van der Waals surface area contributed by atoms with Crippen molar-refractivity contribution in [3.63, 3.8) is 0 Å². The summed E-state index contributed by atoms with van der Waals surface area (Å²) in [6.07, 6.45) is 0.780. The molecule has 0 bridgehead atoms. The molecule has 1 fully saturated rings. The fourth-order valence-electron chi connectivity index (χ4n) is 3.84. The van der Waals surface area contributed by atoms with Gasteiger partial charge in [-0.25, -0.2) is 4.39 Å². The Balaban J connectivity index is 1.48. The molecule has 2 aliphatic rings. The number of nitrogens with zero attached hydrogens (tertiary/aromatic N) is 2. The SMILES string of the molecule is CC(=O)N1CCc2cc(N3C[C@@H](C(=O)Nc4ccc(Cl)cc4F)CC3=O)ccc21. The first kappa shape index (κ1) is 19.4. The third-order valence-corrected chi connectivity index (χ3v) is 5.57. The second-order valence-electron chi connectivity index (χ2n) is 7.25. The number of halogens is 2. The number of amides is 3. The maximum absolute atomic E-state index is 13.9. The van der Waals surface area contributed by atoms with Crippen molar-refractivity contribution in [2.45, 2.75) is 19.8 Å². The summed E-state index contributed by atoms with van der Waals surface area (Å²) in [5.74, 6) is -1.80. The van der Waals surface area contributed by atoms with E-state index in [1.807, 2.05) is 12.1 Å². The molecule has 2 aliphatic heterocycles. The van der Waals surface area contributed by atoms with Gasteiger partial charge in [-0.1, -0.05) is 11.6 Å². The van der Waals surface area contributed by atoms with Crippen molar-refractivity contribution in [1.29, 1.82) is 0 Å². The number of rotatable bonds is 3. The molecule has 8 heteroatoms. The molecule has 2 heterocycles. The van der Waals surface area contributed by atoms with Crippen molar-refractivity contribution in [1.82, 2.24) is 0 Å². The zero-order chi connectivity index (χ0) is 20.7. The van der Waals surface area contributed by atoms with Crippen LogP contribution < -0.4 is 15.1 Å². The molecule has 150 valence electrons. The Morgan fingerprint density at radius 1 is 1.21 bits per heavy atom. The molecule has 1 saturated heterocycles. The standard InChI is InChI=1S/C21H19ClFN3O3/c1-12(27)25-7-6-13-8-16(3-5-19(13)25)26-11-14(9-20(26)28)21(29)24-18-4-2-15(22)10-17(18)23/h2-5,8,10,14H,6-7,9,11H2,1H3,(H,24,29)/t14-/m0/s1. The first-order valence-electron chi connectivity index (χ1n) is 9.31. The highest BCUT2D eigenvalue weighted by Gasteiger charge is 2.36. The van der Waals surface area contributed by atoms with Crippen LogP contribution in [0.25, 0.3) is 0 Å². The zero-order valence-corrected chi connectivity index (χ0v) is 16.5. The van der Waals surface area contributed by atoms with Gasteiger partial charge in [0.25, 0.3) is 0 Å². The lowest BCUT2D eigenvalue weighted by Crippen LogP contribution is -2.28. The van der Waals surface area contributed by atoms with Crippen LogP contribution in [0, 0.1) is 11.7 Å². The summed E-state index contributed by atoms with van der Waals surface area (Å²) >= 11 is 5.73. The van der Waals surface area contributed by atoms with E-state index in [4.69, 9.17) is 11.6 Å². The van der Waals surface area contributed by atoms with Crippen LogP contribution in [0.4, 0.5) is 21.5 Å². The number of fused-ring (bicyclic) bond motifs is 1. The van der Waals surface area contributed by atoms with Crippen LogP contribution >= 0.6 is 11.6 Å². The van der Waals surface area contributed by atoms with E-state index in [1.54, 1.807) is 15.9 Å². The van der Waals surface area contributed by atoms with Crippen molar-refractivity contribution in [3.05, 3.63) is 52.8 Å². The van der Waals surface area contributed by atoms with E-state index in [0.717, 1.165) is 23.7 Å². The predicted molar refractivity (Wildman–Crippen MR) is 109 cm³/mol. The highest BCUT2D eigenvalue weighted by molar-refractivity contribution is 6.30. The second-order valence-corrected chi connectivity index (χ2v) is 7.69. The van der Waals surface area contributed by atoms with Gasteiger partial charge in [0.1, 0.15) is 5.82 Å². The lowest BCUT2D eigenvalue weighted by molar-refractivity contribution is -0.122. The monoisotopic (exact) mass is 415 g/mol. The van der Waals surface area contributed by atoms with Crippen molar-refractivity contribution >= 4 is 46.4 Å². The van der Waals surface area contributed by atoms with Crippen molar-refractivity contribution < 1.29 is 18.8 Å². The van der Waals surface area contributed by atoms with Crippen molar-refractivity contribution in [2.75, 3.05) is 28.2 Å².